The molecule has 1 aromatic rings. The van der Waals surface area contributed by atoms with Gasteiger partial charge >= 0.3 is 0 Å². The van der Waals surface area contributed by atoms with Gasteiger partial charge in [0.2, 0.25) is 0 Å². The molecule has 17 heavy (non-hydrogen) atoms. The van der Waals surface area contributed by atoms with Crippen molar-refractivity contribution < 1.29 is 4.74 Å². The maximum Gasteiger partial charge on any atom is 0.128 e. The summed E-state index contributed by atoms with van der Waals surface area (Å²) in [6, 6.07) is 6.52. The Kier molecular flexibility index (Phi) is 4.20. The highest BCUT2D eigenvalue weighted by Crippen LogP contribution is 2.26. The fraction of sp³-hybridized carbons (Fsp3) is 0.615. The summed E-state index contributed by atoms with van der Waals surface area (Å²) in [6.07, 6.45) is 2.61. The number of rotatable bonds is 6. The zero-order valence-corrected chi connectivity index (χ0v) is 10.6. The van der Waals surface area contributed by atoms with Gasteiger partial charge in [-0.25, -0.2) is 4.98 Å². The van der Waals surface area contributed by atoms with Crippen LogP contribution in [0.2, 0.25) is 0 Å². The highest BCUT2D eigenvalue weighted by Gasteiger charge is 2.29. The smallest absolute Gasteiger partial charge is 0.128 e. The summed E-state index contributed by atoms with van der Waals surface area (Å²) in [6.45, 7) is 5.82. The van der Waals surface area contributed by atoms with E-state index in [1.165, 1.54) is 0 Å². The van der Waals surface area contributed by atoms with Crippen molar-refractivity contribution in [3.63, 3.8) is 0 Å². The molecule has 1 heterocycles. The molecule has 2 rings (SSSR count). The Morgan fingerprint density at radius 3 is 2.76 bits per heavy atom. The van der Waals surface area contributed by atoms with Crippen molar-refractivity contribution in [1.82, 2.24) is 4.98 Å². The van der Waals surface area contributed by atoms with Crippen LogP contribution in [0.4, 0.5) is 11.6 Å². The van der Waals surface area contributed by atoms with Gasteiger partial charge in [0.15, 0.2) is 0 Å². The first kappa shape index (κ1) is 12.2. The van der Waals surface area contributed by atoms with Crippen molar-refractivity contribution >= 4 is 11.6 Å². The molecule has 4 heteroatoms. The van der Waals surface area contributed by atoms with Crippen LogP contribution in [0.5, 0.6) is 0 Å². The summed E-state index contributed by atoms with van der Waals surface area (Å²) < 4.78 is 5.54. The predicted molar refractivity (Wildman–Crippen MR) is 70.5 cm³/mol. The summed E-state index contributed by atoms with van der Waals surface area (Å²) in [5, 5.41) is 6.64. The SMILES string of the molecule is CCNc1cccc(NC2CC(OCC)C2)n1. The molecule has 0 saturated heterocycles. The molecule has 1 aliphatic rings. The summed E-state index contributed by atoms with van der Waals surface area (Å²) in [4.78, 5) is 4.49. The molecule has 0 radical (unpaired) electrons. The van der Waals surface area contributed by atoms with Gasteiger partial charge in [0.05, 0.1) is 6.10 Å². The Bertz CT molecular complexity index is 350. The van der Waals surface area contributed by atoms with E-state index in [0.717, 1.165) is 37.6 Å². The topological polar surface area (TPSA) is 46.2 Å². The van der Waals surface area contributed by atoms with E-state index in [-0.39, 0.29) is 0 Å². The first-order chi connectivity index (χ1) is 8.31. The van der Waals surface area contributed by atoms with Crippen LogP contribution in [0.1, 0.15) is 26.7 Å². The maximum atomic E-state index is 5.54. The molecule has 0 unspecified atom stereocenters. The third kappa shape index (κ3) is 3.33. The lowest BCUT2D eigenvalue weighted by Gasteiger charge is -2.35. The highest BCUT2D eigenvalue weighted by atomic mass is 16.5. The molecule has 0 amide bonds. The molecule has 4 nitrogen and oxygen atoms in total. The quantitative estimate of drug-likeness (QED) is 0.795. The van der Waals surface area contributed by atoms with Gasteiger partial charge in [0, 0.05) is 19.2 Å². The van der Waals surface area contributed by atoms with Gasteiger partial charge < -0.3 is 15.4 Å². The van der Waals surface area contributed by atoms with Crippen LogP contribution in [0.15, 0.2) is 18.2 Å². The van der Waals surface area contributed by atoms with Crippen LogP contribution in [0, 0.1) is 0 Å². The number of nitrogens with zero attached hydrogens (tertiary/aromatic N) is 1. The van der Waals surface area contributed by atoms with E-state index in [1.807, 2.05) is 25.1 Å². The van der Waals surface area contributed by atoms with Gasteiger partial charge in [-0.1, -0.05) is 6.07 Å². The number of hydrogen-bond donors (Lipinski definition) is 2. The summed E-state index contributed by atoms with van der Waals surface area (Å²) in [7, 11) is 0. The van der Waals surface area contributed by atoms with E-state index in [1.54, 1.807) is 0 Å². The maximum absolute atomic E-state index is 5.54. The lowest BCUT2D eigenvalue weighted by Crippen LogP contribution is -2.41. The van der Waals surface area contributed by atoms with Gasteiger partial charge in [0.25, 0.3) is 0 Å². The molecule has 1 fully saturated rings. The van der Waals surface area contributed by atoms with Gasteiger partial charge in [-0.3, -0.25) is 0 Å². The minimum absolute atomic E-state index is 0.439. The molecule has 0 aliphatic heterocycles. The van der Waals surface area contributed by atoms with Crippen LogP contribution >= 0.6 is 0 Å². The first-order valence-electron chi connectivity index (χ1n) is 6.41. The standard InChI is InChI=1S/C13H21N3O/c1-3-14-12-6-5-7-13(16-12)15-10-8-11(9-10)17-4-2/h5-7,10-11H,3-4,8-9H2,1-2H3,(H2,14,15,16). The third-order valence-electron chi connectivity index (χ3n) is 2.96. The second kappa shape index (κ2) is 5.87. The highest BCUT2D eigenvalue weighted by molar-refractivity contribution is 5.45. The van der Waals surface area contributed by atoms with Gasteiger partial charge in [-0.2, -0.15) is 0 Å². The van der Waals surface area contributed by atoms with Crippen LogP contribution in [-0.4, -0.2) is 30.3 Å². The van der Waals surface area contributed by atoms with E-state index in [9.17, 15) is 0 Å². The Morgan fingerprint density at radius 2 is 2.06 bits per heavy atom. The molecule has 94 valence electrons. The minimum Gasteiger partial charge on any atom is -0.378 e. The molecule has 0 atom stereocenters. The van der Waals surface area contributed by atoms with E-state index >= 15 is 0 Å². The first-order valence-corrected chi connectivity index (χ1v) is 6.41. The van der Waals surface area contributed by atoms with Crippen molar-refractivity contribution in [2.75, 3.05) is 23.8 Å². The Hall–Kier alpha value is -1.29. The van der Waals surface area contributed by atoms with Gasteiger partial charge in [-0.05, 0) is 38.8 Å². The Labute approximate surface area is 103 Å². The largest absolute Gasteiger partial charge is 0.378 e. The molecule has 1 saturated carbocycles. The molecule has 0 aromatic carbocycles. The monoisotopic (exact) mass is 235 g/mol. The summed E-state index contributed by atoms with van der Waals surface area (Å²) >= 11 is 0. The van der Waals surface area contributed by atoms with E-state index in [4.69, 9.17) is 4.74 Å². The number of hydrogen-bond acceptors (Lipinski definition) is 4. The van der Waals surface area contributed by atoms with E-state index in [0.29, 0.717) is 12.1 Å². The van der Waals surface area contributed by atoms with Crippen molar-refractivity contribution in [1.29, 1.82) is 0 Å². The summed E-state index contributed by atoms with van der Waals surface area (Å²) in [5.74, 6) is 1.88. The third-order valence-corrected chi connectivity index (χ3v) is 2.96. The van der Waals surface area contributed by atoms with Crippen molar-refractivity contribution in [2.24, 2.45) is 0 Å². The van der Waals surface area contributed by atoms with E-state index in [2.05, 4.69) is 22.5 Å². The zero-order chi connectivity index (χ0) is 12.1. The predicted octanol–water partition coefficient (Wildman–Crippen LogP) is 2.49. The van der Waals surface area contributed by atoms with Crippen molar-refractivity contribution in [3.05, 3.63) is 18.2 Å². The van der Waals surface area contributed by atoms with Gasteiger partial charge in [0.1, 0.15) is 11.6 Å². The number of pyridine rings is 1. The van der Waals surface area contributed by atoms with E-state index < -0.39 is 0 Å². The number of nitrogens with one attached hydrogen (secondary N) is 2. The van der Waals surface area contributed by atoms with Crippen LogP contribution in [0.25, 0.3) is 0 Å². The molecule has 0 spiro atoms. The van der Waals surface area contributed by atoms with Crippen LogP contribution in [-0.2, 0) is 4.74 Å². The number of aromatic nitrogens is 1. The average Bonchev–Trinajstić information content (AvgIpc) is 2.27. The number of anilines is 2. The van der Waals surface area contributed by atoms with Gasteiger partial charge in [-0.15, -0.1) is 0 Å². The number of ether oxygens (including phenoxy) is 1. The molecule has 1 aromatic heterocycles. The normalized spacial score (nSPS) is 22.9. The molecular formula is C13H21N3O. The molecule has 0 bridgehead atoms. The molecular weight excluding hydrogens is 214 g/mol. The second-order valence-corrected chi connectivity index (χ2v) is 4.33. The van der Waals surface area contributed by atoms with Crippen LogP contribution < -0.4 is 10.6 Å². The lowest BCUT2D eigenvalue weighted by atomic mass is 9.89. The molecule has 2 N–H and O–H groups in total. The lowest BCUT2D eigenvalue weighted by molar-refractivity contribution is 0.00293. The molecule has 1 aliphatic carbocycles. The fourth-order valence-corrected chi connectivity index (χ4v) is 2.06. The average molecular weight is 235 g/mol. The van der Waals surface area contributed by atoms with Crippen molar-refractivity contribution in [2.45, 2.75) is 38.8 Å². The Morgan fingerprint density at radius 1 is 1.29 bits per heavy atom. The fourth-order valence-electron chi connectivity index (χ4n) is 2.06. The second-order valence-electron chi connectivity index (χ2n) is 4.33. The minimum atomic E-state index is 0.439. The van der Waals surface area contributed by atoms with Crippen molar-refractivity contribution in [3.8, 4) is 0 Å². The Balaban J connectivity index is 1.81. The summed E-state index contributed by atoms with van der Waals surface area (Å²) in [5.41, 5.74) is 0. The zero-order valence-electron chi connectivity index (χ0n) is 10.6. The van der Waals surface area contributed by atoms with Crippen LogP contribution in [0.3, 0.4) is 0 Å².